The fourth-order valence-corrected chi connectivity index (χ4v) is 1.85. The van der Waals surface area contributed by atoms with E-state index in [9.17, 15) is 14.2 Å². The lowest BCUT2D eigenvalue weighted by Gasteiger charge is -2.14. The van der Waals surface area contributed by atoms with E-state index in [1.807, 2.05) is 0 Å². The average molecular weight is 289 g/mol. The van der Waals surface area contributed by atoms with Crippen molar-refractivity contribution in [3.63, 3.8) is 0 Å². The molecule has 0 atom stereocenters. The molecular weight excluding hydrogens is 278 g/mol. The molecule has 17 heavy (non-hydrogen) atoms. The van der Waals surface area contributed by atoms with Gasteiger partial charge in [-0.2, -0.15) is 19.4 Å². The Labute approximate surface area is 103 Å². The summed E-state index contributed by atoms with van der Waals surface area (Å²) in [6.07, 6.45) is -1.46. The highest BCUT2D eigenvalue weighted by molar-refractivity contribution is 7.33. The molecule has 0 aromatic rings. The summed E-state index contributed by atoms with van der Waals surface area (Å²) in [7, 11) is -3.02. The molecule has 0 radical (unpaired) electrons. The maximum atomic E-state index is 11.3. The number of carbonyl (C=O) groups is 2. The van der Waals surface area contributed by atoms with Gasteiger partial charge in [0.1, 0.15) is 13.2 Å². The van der Waals surface area contributed by atoms with Crippen LogP contribution in [0, 0.1) is 0 Å². The number of halogens is 1. The molecule has 2 aliphatic heterocycles. The van der Waals surface area contributed by atoms with E-state index >= 15 is 0 Å². The van der Waals surface area contributed by atoms with Crippen LogP contribution in [0.4, 0.5) is 9.59 Å². The zero-order chi connectivity index (χ0) is 11.5. The molecule has 2 saturated heterocycles. The zero-order valence-electron chi connectivity index (χ0n) is 8.49. The fraction of sp³-hybridized carbons (Fsp3) is 0.667. The Morgan fingerprint density at radius 2 is 1.41 bits per heavy atom. The van der Waals surface area contributed by atoms with E-state index in [0.29, 0.717) is 0 Å². The topological polar surface area (TPSA) is 94.6 Å². The van der Waals surface area contributed by atoms with Gasteiger partial charge in [-0.15, -0.1) is 12.4 Å². The lowest BCUT2D eigenvalue weighted by atomic mass is 10.7. The van der Waals surface area contributed by atoms with Crippen LogP contribution in [0.2, 0.25) is 0 Å². The van der Waals surface area contributed by atoms with Crippen molar-refractivity contribution in [2.75, 3.05) is 26.3 Å². The van der Waals surface area contributed by atoms with Crippen molar-refractivity contribution in [3.8, 4) is 0 Å². The van der Waals surface area contributed by atoms with Crippen LogP contribution in [-0.4, -0.2) is 48.6 Å². The van der Waals surface area contributed by atoms with E-state index in [1.54, 1.807) is 0 Å². The first kappa shape index (κ1) is 14.0. The van der Waals surface area contributed by atoms with E-state index in [2.05, 4.69) is 18.7 Å². The summed E-state index contributed by atoms with van der Waals surface area (Å²) in [6.45, 7) is 0.672. The van der Waals surface area contributed by atoms with Crippen molar-refractivity contribution in [3.05, 3.63) is 0 Å². The summed E-state index contributed by atoms with van der Waals surface area (Å²) < 4.78 is 29.7. The molecule has 0 saturated carbocycles. The molecule has 98 valence electrons. The minimum Gasteiger partial charge on any atom is -0.446 e. The van der Waals surface area contributed by atoms with Gasteiger partial charge >= 0.3 is 20.4 Å². The van der Waals surface area contributed by atoms with E-state index in [1.165, 1.54) is 0 Å². The van der Waals surface area contributed by atoms with Gasteiger partial charge in [0.05, 0.1) is 13.1 Å². The Hall–Kier alpha value is -1.02. The minimum absolute atomic E-state index is 0. The number of hydroxylamine groups is 4. The molecule has 2 amide bonds. The van der Waals surface area contributed by atoms with Crippen LogP contribution in [-0.2, 0) is 23.3 Å². The molecule has 0 N–H and O–H groups in total. The van der Waals surface area contributed by atoms with Crippen molar-refractivity contribution in [2.45, 2.75) is 0 Å². The van der Waals surface area contributed by atoms with Gasteiger partial charge in [0, 0.05) is 0 Å². The van der Waals surface area contributed by atoms with Gasteiger partial charge < -0.3 is 9.47 Å². The third-order valence-corrected chi connectivity index (χ3v) is 2.56. The average Bonchev–Trinajstić information content (AvgIpc) is 2.79. The SMILES string of the molecule is Cl.O=C1OCCN1O[PH](=O)ON1CCOC1=O. The van der Waals surface area contributed by atoms with Gasteiger partial charge in [0.15, 0.2) is 0 Å². The Morgan fingerprint density at radius 3 is 1.71 bits per heavy atom. The molecule has 11 heteroatoms. The van der Waals surface area contributed by atoms with Crippen LogP contribution in [0.1, 0.15) is 0 Å². The zero-order valence-corrected chi connectivity index (χ0v) is 10.3. The normalized spacial score (nSPS) is 19.4. The van der Waals surface area contributed by atoms with Crippen molar-refractivity contribution in [2.24, 2.45) is 0 Å². The van der Waals surface area contributed by atoms with Gasteiger partial charge in [-0.1, -0.05) is 0 Å². The second-order valence-corrected chi connectivity index (χ2v) is 3.73. The lowest BCUT2D eigenvalue weighted by molar-refractivity contribution is -0.0570. The smallest absolute Gasteiger partial charge is 0.434 e. The molecule has 2 rings (SSSR count). The van der Waals surface area contributed by atoms with E-state index in [-0.39, 0.29) is 38.7 Å². The number of nitrogens with zero attached hydrogens (tertiary/aromatic N) is 2. The molecular formula is C6H10ClN2O7P. The summed E-state index contributed by atoms with van der Waals surface area (Å²) >= 11 is 0. The van der Waals surface area contributed by atoms with Gasteiger partial charge in [-0.05, 0) is 0 Å². The number of hydrogen-bond acceptors (Lipinski definition) is 7. The van der Waals surface area contributed by atoms with Crippen molar-refractivity contribution in [1.29, 1.82) is 0 Å². The third-order valence-electron chi connectivity index (χ3n) is 1.82. The van der Waals surface area contributed by atoms with Crippen LogP contribution < -0.4 is 0 Å². The number of ether oxygens (including phenoxy) is 2. The third kappa shape index (κ3) is 3.47. The molecule has 0 spiro atoms. The Kier molecular flexibility index (Phi) is 5.01. The summed E-state index contributed by atoms with van der Waals surface area (Å²) in [5, 5.41) is 1.56. The summed E-state index contributed by atoms with van der Waals surface area (Å²) in [4.78, 5) is 21.8. The number of hydrogen-bond donors (Lipinski definition) is 0. The first-order valence-electron chi connectivity index (χ1n) is 4.45. The quantitative estimate of drug-likeness (QED) is 0.698. The van der Waals surface area contributed by atoms with Gasteiger partial charge in [0.25, 0.3) is 0 Å². The van der Waals surface area contributed by atoms with Crippen molar-refractivity contribution >= 4 is 32.8 Å². The van der Waals surface area contributed by atoms with Crippen LogP contribution in [0.5, 0.6) is 0 Å². The summed E-state index contributed by atoms with van der Waals surface area (Å²) in [5.41, 5.74) is 0. The Bertz CT molecular complexity index is 310. The van der Waals surface area contributed by atoms with Crippen LogP contribution in [0.15, 0.2) is 0 Å². The van der Waals surface area contributed by atoms with E-state index in [4.69, 9.17) is 0 Å². The largest absolute Gasteiger partial charge is 0.446 e. The molecule has 0 aliphatic carbocycles. The van der Waals surface area contributed by atoms with Gasteiger partial charge in [0.2, 0.25) is 0 Å². The summed E-state index contributed by atoms with van der Waals surface area (Å²) in [5.74, 6) is 0. The molecule has 2 fully saturated rings. The van der Waals surface area contributed by atoms with Gasteiger partial charge in [-0.25, -0.2) is 9.59 Å². The maximum Gasteiger partial charge on any atom is 0.434 e. The maximum absolute atomic E-state index is 11.3. The molecule has 9 nitrogen and oxygen atoms in total. The Morgan fingerprint density at radius 1 is 1.00 bits per heavy atom. The summed E-state index contributed by atoms with van der Waals surface area (Å²) in [6, 6.07) is 0. The number of amides is 2. The van der Waals surface area contributed by atoms with Crippen LogP contribution in [0.3, 0.4) is 0 Å². The molecule has 2 aliphatic rings. The second kappa shape index (κ2) is 6.06. The van der Waals surface area contributed by atoms with Crippen molar-refractivity contribution in [1.82, 2.24) is 10.1 Å². The van der Waals surface area contributed by atoms with E-state index in [0.717, 1.165) is 10.1 Å². The van der Waals surface area contributed by atoms with Crippen molar-refractivity contribution < 1.29 is 32.9 Å². The highest BCUT2D eigenvalue weighted by atomic mass is 35.5. The number of rotatable bonds is 4. The predicted octanol–water partition coefficient (Wildman–Crippen LogP) is 0.566. The predicted molar refractivity (Wildman–Crippen MR) is 54.5 cm³/mol. The fourth-order valence-electron chi connectivity index (χ4n) is 1.12. The standard InChI is InChI=1S/C6H9N2O7P.ClH/c9-5-7(1-3-12-5)14-16(11)15-8-2-4-13-6(8)10;/h16H,1-4H2;1H. The van der Waals surface area contributed by atoms with Crippen LogP contribution in [0.25, 0.3) is 0 Å². The first-order chi connectivity index (χ1) is 7.66. The Balaban J connectivity index is 0.00000144. The highest BCUT2D eigenvalue weighted by Gasteiger charge is 2.29. The molecule has 0 bridgehead atoms. The van der Waals surface area contributed by atoms with Gasteiger partial charge in [-0.3, -0.25) is 4.57 Å². The first-order valence-corrected chi connectivity index (χ1v) is 5.68. The number of cyclic esters (lactones) is 2. The van der Waals surface area contributed by atoms with Crippen LogP contribution >= 0.6 is 20.7 Å². The molecule has 2 heterocycles. The second-order valence-electron chi connectivity index (χ2n) is 2.87. The minimum atomic E-state index is -3.02. The lowest BCUT2D eigenvalue weighted by Crippen LogP contribution is -2.25. The number of carbonyl (C=O) groups excluding carboxylic acids is 2. The highest BCUT2D eigenvalue weighted by Crippen LogP contribution is 2.29. The molecule has 0 aromatic heterocycles. The van der Waals surface area contributed by atoms with E-state index < -0.39 is 20.4 Å². The molecule has 0 unspecified atom stereocenters. The monoisotopic (exact) mass is 288 g/mol. The molecule has 0 aromatic carbocycles.